The summed E-state index contributed by atoms with van der Waals surface area (Å²) in [5, 5.41) is 0.751. The molecule has 0 saturated carbocycles. The summed E-state index contributed by atoms with van der Waals surface area (Å²) < 4.78 is 5.72. The molecule has 2 aromatic rings. The molecule has 0 saturated heterocycles. The Morgan fingerprint density at radius 3 is 2.33 bits per heavy atom. The van der Waals surface area contributed by atoms with Crippen LogP contribution in [0.15, 0.2) is 18.3 Å². The minimum atomic E-state index is 0.193. The second-order valence-electron chi connectivity index (χ2n) is 4.19. The van der Waals surface area contributed by atoms with Gasteiger partial charge in [0.25, 0.3) is 0 Å². The number of nitrogens with two attached hydrogens (primary N) is 1. The van der Waals surface area contributed by atoms with Gasteiger partial charge in [0, 0.05) is 16.8 Å². The lowest BCUT2D eigenvalue weighted by Gasteiger charge is -2.10. The molecular formula is C13H14ClN3O. The highest BCUT2D eigenvalue weighted by Gasteiger charge is 2.08. The van der Waals surface area contributed by atoms with E-state index in [1.165, 1.54) is 0 Å². The largest absolute Gasteiger partial charge is 0.439 e. The molecule has 0 radical (unpaired) electrons. The van der Waals surface area contributed by atoms with Gasteiger partial charge in [-0.05, 0) is 44.0 Å². The predicted octanol–water partition coefficient (Wildman–Crippen LogP) is 3.43. The molecule has 5 heteroatoms. The zero-order chi connectivity index (χ0) is 13.3. The average Bonchev–Trinajstić information content (AvgIpc) is 2.31. The number of aromatic nitrogens is 2. The van der Waals surface area contributed by atoms with Gasteiger partial charge in [-0.15, -0.1) is 0 Å². The van der Waals surface area contributed by atoms with Crippen molar-refractivity contribution in [3.8, 4) is 11.6 Å². The van der Waals surface area contributed by atoms with Crippen LogP contribution < -0.4 is 10.5 Å². The molecule has 0 fully saturated rings. The third-order valence-corrected chi connectivity index (χ3v) is 3.16. The number of hydrogen-bond donors (Lipinski definition) is 1. The molecule has 4 nitrogen and oxygen atoms in total. The lowest BCUT2D eigenvalue weighted by Crippen LogP contribution is -1.99. The first kappa shape index (κ1) is 12.6. The van der Waals surface area contributed by atoms with Crippen molar-refractivity contribution in [2.75, 3.05) is 5.73 Å². The van der Waals surface area contributed by atoms with Crippen LogP contribution in [-0.2, 0) is 0 Å². The Hall–Kier alpha value is -1.81. The Morgan fingerprint density at radius 1 is 1.11 bits per heavy atom. The highest BCUT2D eigenvalue weighted by atomic mass is 35.5. The van der Waals surface area contributed by atoms with E-state index in [9.17, 15) is 0 Å². The zero-order valence-electron chi connectivity index (χ0n) is 10.5. The van der Waals surface area contributed by atoms with Crippen molar-refractivity contribution in [1.29, 1.82) is 0 Å². The summed E-state index contributed by atoms with van der Waals surface area (Å²) in [6.07, 6.45) is 1.63. The molecule has 1 aromatic carbocycles. The highest BCUT2D eigenvalue weighted by Crippen LogP contribution is 2.29. The van der Waals surface area contributed by atoms with Gasteiger partial charge in [-0.1, -0.05) is 11.6 Å². The third-order valence-electron chi connectivity index (χ3n) is 2.57. The van der Waals surface area contributed by atoms with Gasteiger partial charge in [-0.3, -0.25) is 0 Å². The Bertz CT molecular complexity index is 576. The molecule has 2 N–H and O–H groups in total. The van der Waals surface area contributed by atoms with Crippen molar-refractivity contribution >= 4 is 17.5 Å². The van der Waals surface area contributed by atoms with Gasteiger partial charge in [0.15, 0.2) is 0 Å². The average molecular weight is 264 g/mol. The Labute approximate surface area is 111 Å². The molecule has 94 valence electrons. The third kappa shape index (κ3) is 2.54. The van der Waals surface area contributed by atoms with E-state index in [4.69, 9.17) is 22.1 Å². The first-order valence-electron chi connectivity index (χ1n) is 5.51. The van der Waals surface area contributed by atoms with Crippen molar-refractivity contribution in [2.45, 2.75) is 20.8 Å². The van der Waals surface area contributed by atoms with E-state index in [0.717, 1.165) is 21.7 Å². The van der Waals surface area contributed by atoms with E-state index in [1.54, 1.807) is 6.20 Å². The molecule has 0 atom stereocenters. The van der Waals surface area contributed by atoms with Gasteiger partial charge in [0.1, 0.15) is 5.75 Å². The van der Waals surface area contributed by atoms with Crippen LogP contribution in [0.1, 0.15) is 16.7 Å². The monoisotopic (exact) mass is 263 g/mol. The van der Waals surface area contributed by atoms with E-state index in [2.05, 4.69) is 9.97 Å². The van der Waals surface area contributed by atoms with Crippen LogP contribution in [-0.4, -0.2) is 9.97 Å². The van der Waals surface area contributed by atoms with Gasteiger partial charge < -0.3 is 10.5 Å². The molecule has 1 aromatic heterocycles. The fourth-order valence-corrected chi connectivity index (χ4v) is 1.73. The number of aryl methyl sites for hydroxylation is 3. The van der Waals surface area contributed by atoms with E-state index in [-0.39, 0.29) is 5.95 Å². The summed E-state index contributed by atoms with van der Waals surface area (Å²) in [6.45, 7) is 5.73. The van der Waals surface area contributed by atoms with Crippen LogP contribution >= 0.6 is 11.6 Å². The van der Waals surface area contributed by atoms with E-state index >= 15 is 0 Å². The molecule has 2 rings (SSSR count). The molecule has 0 aliphatic rings. The molecule has 0 unspecified atom stereocenters. The minimum absolute atomic E-state index is 0.193. The maximum Gasteiger partial charge on any atom is 0.226 e. The Morgan fingerprint density at radius 2 is 1.72 bits per heavy atom. The standard InChI is InChI=1S/C13H14ClN3O/c1-7-4-10(5-8(2)11(7)14)18-12-9(3)6-16-13(15)17-12/h4-6H,1-3H3,(H2,15,16,17). The SMILES string of the molecule is Cc1cnc(N)nc1Oc1cc(C)c(Cl)c(C)c1. The Balaban J connectivity index is 2.37. The smallest absolute Gasteiger partial charge is 0.226 e. The number of halogens is 1. The number of rotatable bonds is 2. The molecule has 0 spiro atoms. The molecule has 0 bridgehead atoms. The van der Waals surface area contributed by atoms with Crippen LogP contribution in [0.2, 0.25) is 5.02 Å². The highest BCUT2D eigenvalue weighted by molar-refractivity contribution is 6.32. The minimum Gasteiger partial charge on any atom is -0.439 e. The van der Waals surface area contributed by atoms with E-state index < -0.39 is 0 Å². The van der Waals surface area contributed by atoms with Gasteiger partial charge in [0.2, 0.25) is 11.8 Å². The van der Waals surface area contributed by atoms with Crippen molar-refractivity contribution in [2.24, 2.45) is 0 Å². The predicted molar refractivity (Wildman–Crippen MR) is 72.2 cm³/mol. The second kappa shape index (κ2) is 4.82. The lowest BCUT2D eigenvalue weighted by atomic mass is 10.1. The molecule has 0 amide bonds. The van der Waals surface area contributed by atoms with Crippen LogP contribution in [0, 0.1) is 20.8 Å². The van der Waals surface area contributed by atoms with Crippen molar-refractivity contribution in [3.63, 3.8) is 0 Å². The summed E-state index contributed by atoms with van der Waals surface area (Å²) in [5.74, 6) is 1.34. The maximum atomic E-state index is 6.11. The number of nitrogens with zero attached hydrogens (tertiary/aromatic N) is 2. The Kier molecular flexibility index (Phi) is 3.39. The summed E-state index contributed by atoms with van der Waals surface area (Å²) in [7, 11) is 0. The number of anilines is 1. The number of benzene rings is 1. The molecule has 18 heavy (non-hydrogen) atoms. The first-order valence-corrected chi connectivity index (χ1v) is 5.89. The number of nitrogen functional groups attached to an aromatic ring is 1. The first-order chi connectivity index (χ1) is 8.47. The summed E-state index contributed by atoms with van der Waals surface area (Å²) in [5.41, 5.74) is 8.30. The van der Waals surface area contributed by atoms with E-state index in [1.807, 2.05) is 32.9 Å². The molecule has 0 aliphatic carbocycles. The fraction of sp³-hybridized carbons (Fsp3) is 0.231. The van der Waals surface area contributed by atoms with Crippen LogP contribution in [0.4, 0.5) is 5.95 Å². The topological polar surface area (TPSA) is 61.0 Å². The van der Waals surface area contributed by atoms with Crippen LogP contribution in [0.25, 0.3) is 0 Å². The van der Waals surface area contributed by atoms with Gasteiger partial charge in [0.05, 0.1) is 0 Å². The normalized spacial score (nSPS) is 10.4. The molecule has 0 aliphatic heterocycles. The summed E-state index contributed by atoms with van der Waals surface area (Å²) in [4.78, 5) is 7.96. The van der Waals surface area contributed by atoms with Gasteiger partial charge in [-0.25, -0.2) is 4.98 Å². The number of ether oxygens (including phenoxy) is 1. The number of hydrogen-bond acceptors (Lipinski definition) is 4. The molecular weight excluding hydrogens is 250 g/mol. The zero-order valence-corrected chi connectivity index (χ0v) is 11.2. The van der Waals surface area contributed by atoms with Crippen LogP contribution in [0.5, 0.6) is 11.6 Å². The molecule has 1 heterocycles. The van der Waals surface area contributed by atoms with Gasteiger partial charge >= 0.3 is 0 Å². The van der Waals surface area contributed by atoms with Crippen molar-refractivity contribution < 1.29 is 4.74 Å². The van der Waals surface area contributed by atoms with Gasteiger partial charge in [-0.2, -0.15) is 4.98 Å². The quantitative estimate of drug-likeness (QED) is 0.902. The summed E-state index contributed by atoms with van der Waals surface area (Å²) in [6, 6.07) is 3.74. The maximum absolute atomic E-state index is 6.11. The summed E-state index contributed by atoms with van der Waals surface area (Å²) >= 11 is 6.11. The van der Waals surface area contributed by atoms with Crippen molar-refractivity contribution in [3.05, 3.63) is 40.0 Å². The lowest BCUT2D eigenvalue weighted by molar-refractivity contribution is 0.457. The van der Waals surface area contributed by atoms with E-state index in [0.29, 0.717) is 11.6 Å². The van der Waals surface area contributed by atoms with Crippen LogP contribution in [0.3, 0.4) is 0 Å². The van der Waals surface area contributed by atoms with Crippen molar-refractivity contribution in [1.82, 2.24) is 9.97 Å². The fourth-order valence-electron chi connectivity index (χ4n) is 1.62. The second-order valence-corrected chi connectivity index (χ2v) is 4.57.